The Bertz CT molecular complexity index is 866. The number of nitrogens with zero attached hydrogens (tertiary/aromatic N) is 3. The highest BCUT2D eigenvalue weighted by Crippen LogP contribution is 2.24. The van der Waals surface area contributed by atoms with Crippen LogP contribution in [0.15, 0.2) is 43.0 Å². The smallest absolute Gasteiger partial charge is 0.409 e. The van der Waals surface area contributed by atoms with Gasteiger partial charge >= 0.3 is 6.09 Å². The van der Waals surface area contributed by atoms with Crippen molar-refractivity contribution in [2.24, 2.45) is 0 Å². The Kier molecular flexibility index (Phi) is 5.20. The number of anilines is 3. The number of thiazole rings is 1. The van der Waals surface area contributed by atoms with E-state index in [4.69, 9.17) is 5.11 Å². The van der Waals surface area contributed by atoms with Gasteiger partial charge in [-0.2, -0.15) is 0 Å². The normalized spacial score (nSPS) is 10.4. The molecule has 3 aromatic rings. The second kappa shape index (κ2) is 7.71. The van der Waals surface area contributed by atoms with Crippen LogP contribution in [0.25, 0.3) is 0 Å². The van der Waals surface area contributed by atoms with Crippen molar-refractivity contribution in [3.8, 4) is 0 Å². The van der Waals surface area contributed by atoms with Crippen LogP contribution in [-0.2, 0) is 12.8 Å². The molecule has 1 amide bonds. The zero-order chi connectivity index (χ0) is 17.6. The fraction of sp³-hybridized carbons (Fsp3) is 0.176. The lowest BCUT2D eigenvalue weighted by Crippen LogP contribution is -2.07. The van der Waals surface area contributed by atoms with E-state index in [-0.39, 0.29) is 0 Å². The molecular formula is C17H17N5O2S. The second-order valence-electron chi connectivity index (χ2n) is 5.42. The van der Waals surface area contributed by atoms with Gasteiger partial charge in [-0.05, 0) is 43.0 Å². The van der Waals surface area contributed by atoms with Gasteiger partial charge in [-0.3, -0.25) is 10.3 Å². The minimum atomic E-state index is -1.06. The fourth-order valence-electron chi connectivity index (χ4n) is 2.35. The molecule has 0 bridgehead atoms. The average molecular weight is 355 g/mol. The standard InChI is InChI=1S/C17H17N5O2S/c1-11-2-4-13(21-17(23)24)8-12(11)3-5-14-9-20-16(25-14)22-15-10-18-6-7-19-15/h2,4,6-10,21H,3,5H2,1H3,(H,23,24)(H,19,20,22). The van der Waals surface area contributed by atoms with Gasteiger partial charge in [-0.15, -0.1) is 11.3 Å². The van der Waals surface area contributed by atoms with Crippen molar-refractivity contribution in [1.29, 1.82) is 0 Å². The minimum Gasteiger partial charge on any atom is -0.465 e. The Morgan fingerprint density at radius 1 is 1.20 bits per heavy atom. The number of benzene rings is 1. The van der Waals surface area contributed by atoms with Crippen molar-refractivity contribution >= 4 is 34.1 Å². The molecule has 8 heteroatoms. The van der Waals surface area contributed by atoms with Gasteiger partial charge in [-0.1, -0.05) is 6.07 Å². The van der Waals surface area contributed by atoms with Gasteiger partial charge in [0, 0.05) is 29.2 Å². The predicted octanol–water partition coefficient (Wildman–Crippen LogP) is 3.86. The lowest BCUT2D eigenvalue weighted by molar-refractivity contribution is 0.210. The molecule has 2 aromatic heterocycles. The number of amides is 1. The summed E-state index contributed by atoms with van der Waals surface area (Å²) in [5.74, 6) is 0.659. The molecule has 0 unspecified atom stereocenters. The van der Waals surface area contributed by atoms with Gasteiger partial charge in [0.2, 0.25) is 0 Å². The van der Waals surface area contributed by atoms with E-state index in [1.807, 2.05) is 25.3 Å². The van der Waals surface area contributed by atoms with Crippen molar-refractivity contribution in [2.75, 3.05) is 10.6 Å². The third kappa shape index (κ3) is 4.74. The maximum atomic E-state index is 10.8. The van der Waals surface area contributed by atoms with E-state index in [2.05, 4.69) is 25.6 Å². The number of rotatable bonds is 6. The SMILES string of the molecule is Cc1ccc(NC(=O)O)cc1CCc1cnc(Nc2cnccn2)s1. The van der Waals surface area contributed by atoms with Gasteiger partial charge in [0.15, 0.2) is 10.9 Å². The molecule has 0 spiro atoms. The summed E-state index contributed by atoms with van der Waals surface area (Å²) >= 11 is 1.57. The van der Waals surface area contributed by atoms with Crippen LogP contribution in [0.5, 0.6) is 0 Å². The van der Waals surface area contributed by atoms with E-state index < -0.39 is 6.09 Å². The molecule has 0 saturated heterocycles. The number of hydrogen-bond donors (Lipinski definition) is 3. The molecule has 25 heavy (non-hydrogen) atoms. The Morgan fingerprint density at radius 3 is 2.84 bits per heavy atom. The molecule has 2 heterocycles. The van der Waals surface area contributed by atoms with Crippen LogP contribution in [0, 0.1) is 6.92 Å². The van der Waals surface area contributed by atoms with Crippen molar-refractivity contribution in [3.05, 3.63) is 59.0 Å². The van der Waals surface area contributed by atoms with Crippen LogP contribution in [0.1, 0.15) is 16.0 Å². The molecule has 1 aromatic carbocycles. The molecular weight excluding hydrogens is 338 g/mol. The van der Waals surface area contributed by atoms with E-state index in [0.29, 0.717) is 11.5 Å². The summed E-state index contributed by atoms with van der Waals surface area (Å²) in [5, 5.41) is 15.1. The quantitative estimate of drug-likeness (QED) is 0.621. The Labute approximate surface area is 148 Å². The second-order valence-corrected chi connectivity index (χ2v) is 6.53. The Morgan fingerprint density at radius 2 is 2.08 bits per heavy atom. The zero-order valence-corrected chi connectivity index (χ0v) is 14.4. The molecule has 0 saturated carbocycles. The lowest BCUT2D eigenvalue weighted by Gasteiger charge is -2.08. The maximum Gasteiger partial charge on any atom is 0.409 e. The van der Waals surface area contributed by atoms with Gasteiger partial charge < -0.3 is 10.4 Å². The number of carbonyl (C=O) groups is 1. The fourth-order valence-corrected chi connectivity index (χ4v) is 3.17. The van der Waals surface area contributed by atoms with Gasteiger partial charge in [-0.25, -0.2) is 14.8 Å². The molecule has 0 aliphatic rings. The van der Waals surface area contributed by atoms with Gasteiger partial charge in [0.1, 0.15) is 0 Å². The van der Waals surface area contributed by atoms with E-state index in [1.54, 1.807) is 36.0 Å². The summed E-state index contributed by atoms with van der Waals surface area (Å²) in [7, 11) is 0. The van der Waals surface area contributed by atoms with E-state index >= 15 is 0 Å². The molecule has 0 fully saturated rings. The number of carboxylic acid groups (broad SMARTS) is 1. The highest BCUT2D eigenvalue weighted by molar-refractivity contribution is 7.15. The molecule has 128 valence electrons. The van der Waals surface area contributed by atoms with E-state index in [0.717, 1.165) is 34.0 Å². The highest BCUT2D eigenvalue weighted by Gasteiger charge is 2.07. The zero-order valence-electron chi connectivity index (χ0n) is 13.6. The monoisotopic (exact) mass is 355 g/mol. The molecule has 0 atom stereocenters. The highest BCUT2D eigenvalue weighted by atomic mass is 32.1. The molecule has 3 N–H and O–H groups in total. The van der Waals surface area contributed by atoms with Gasteiger partial charge in [0.25, 0.3) is 0 Å². The number of nitrogens with one attached hydrogen (secondary N) is 2. The number of aryl methyl sites for hydroxylation is 3. The predicted molar refractivity (Wildman–Crippen MR) is 97.7 cm³/mol. The van der Waals surface area contributed by atoms with Gasteiger partial charge in [0.05, 0.1) is 6.20 Å². The number of hydrogen-bond acceptors (Lipinski definition) is 6. The molecule has 3 rings (SSSR count). The summed E-state index contributed by atoms with van der Waals surface area (Å²) in [6, 6.07) is 5.57. The van der Waals surface area contributed by atoms with Crippen molar-refractivity contribution in [1.82, 2.24) is 15.0 Å². The van der Waals surface area contributed by atoms with Crippen LogP contribution in [0.3, 0.4) is 0 Å². The topological polar surface area (TPSA) is 100 Å². The summed E-state index contributed by atoms with van der Waals surface area (Å²) < 4.78 is 0. The average Bonchev–Trinajstić information content (AvgIpc) is 3.03. The van der Waals surface area contributed by atoms with E-state index in [9.17, 15) is 4.79 Å². The Balaban J connectivity index is 1.63. The number of aromatic nitrogens is 3. The minimum absolute atomic E-state index is 0.586. The van der Waals surface area contributed by atoms with Crippen LogP contribution < -0.4 is 10.6 Å². The van der Waals surface area contributed by atoms with Crippen molar-refractivity contribution in [3.63, 3.8) is 0 Å². The third-order valence-electron chi connectivity index (χ3n) is 3.59. The van der Waals surface area contributed by atoms with Crippen molar-refractivity contribution < 1.29 is 9.90 Å². The summed E-state index contributed by atoms with van der Waals surface area (Å²) in [5.41, 5.74) is 2.84. The largest absolute Gasteiger partial charge is 0.465 e. The summed E-state index contributed by atoms with van der Waals surface area (Å²) in [6.45, 7) is 2.02. The van der Waals surface area contributed by atoms with Crippen LogP contribution in [0.2, 0.25) is 0 Å². The van der Waals surface area contributed by atoms with Crippen LogP contribution in [-0.4, -0.2) is 26.2 Å². The molecule has 0 aliphatic heterocycles. The summed E-state index contributed by atoms with van der Waals surface area (Å²) in [4.78, 5) is 24.4. The first-order chi connectivity index (χ1) is 12.1. The molecule has 7 nitrogen and oxygen atoms in total. The van der Waals surface area contributed by atoms with E-state index in [1.165, 1.54) is 0 Å². The summed E-state index contributed by atoms with van der Waals surface area (Å²) in [6.07, 6.45) is 7.32. The molecule has 0 radical (unpaired) electrons. The Hall–Kier alpha value is -3.00. The maximum absolute atomic E-state index is 10.8. The van der Waals surface area contributed by atoms with Crippen LogP contribution in [0.4, 0.5) is 21.4 Å². The lowest BCUT2D eigenvalue weighted by atomic mass is 10.0. The van der Waals surface area contributed by atoms with Crippen molar-refractivity contribution in [2.45, 2.75) is 19.8 Å². The van der Waals surface area contributed by atoms with Crippen LogP contribution >= 0.6 is 11.3 Å². The molecule has 0 aliphatic carbocycles. The third-order valence-corrected chi connectivity index (χ3v) is 4.57. The first-order valence-electron chi connectivity index (χ1n) is 7.67. The first-order valence-corrected chi connectivity index (χ1v) is 8.49. The first kappa shape index (κ1) is 16.8.